The van der Waals surface area contributed by atoms with Crippen molar-refractivity contribution in [2.24, 2.45) is 17.3 Å². The van der Waals surface area contributed by atoms with Gasteiger partial charge in [-0.2, -0.15) is 0 Å². The van der Waals surface area contributed by atoms with Gasteiger partial charge in [-0.25, -0.2) is 13.8 Å². The summed E-state index contributed by atoms with van der Waals surface area (Å²) in [4.78, 5) is 35.0. The number of aromatic nitrogens is 1. The summed E-state index contributed by atoms with van der Waals surface area (Å²) >= 11 is 7.61. The van der Waals surface area contributed by atoms with Gasteiger partial charge in [-0.05, 0) is 61.1 Å². The minimum absolute atomic E-state index is 0.0426. The lowest BCUT2D eigenvalue weighted by Crippen LogP contribution is -2.49. The lowest BCUT2D eigenvalue weighted by atomic mass is 9.78. The highest BCUT2D eigenvalue weighted by Gasteiger charge is 2.52. The van der Waals surface area contributed by atoms with Gasteiger partial charge in [0.1, 0.15) is 12.4 Å². The molecule has 0 bridgehead atoms. The first kappa shape index (κ1) is 26.9. The van der Waals surface area contributed by atoms with E-state index in [9.17, 15) is 18.4 Å². The number of thiazole rings is 1. The van der Waals surface area contributed by atoms with E-state index in [0.29, 0.717) is 49.2 Å². The molecular weight excluding hydrogens is 544 g/mol. The monoisotopic (exact) mass is 577 g/mol. The van der Waals surface area contributed by atoms with Crippen molar-refractivity contribution in [1.29, 1.82) is 0 Å². The first-order valence-corrected chi connectivity index (χ1v) is 15.2. The maximum atomic E-state index is 14.1. The Labute approximate surface area is 236 Å². The molecule has 39 heavy (non-hydrogen) atoms. The number of likely N-dealkylation sites (tertiary alicyclic amines) is 1. The Morgan fingerprint density at radius 1 is 1.28 bits per heavy atom. The molecule has 1 spiro atoms. The molecule has 0 radical (unpaired) electrons. The lowest BCUT2D eigenvalue weighted by Gasteiger charge is -2.43. The number of rotatable bonds is 7. The van der Waals surface area contributed by atoms with Crippen LogP contribution in [-0.4, -0.2) is 46.2 Å². The Kier molecular flexibility index (Phi) is 7.33. The normalized spacial score (nSPS) is 25.9. The highest BCUT2D eigenvalue weighted by molar-refractivity contribution is 7.09. The van der Waals surface area contributed by atoms with Gasteiger partial charge in [0.2, 0.25) is 11.8 Å². The van der Waals surface area contributed by atoms with E-state index in [4.69, 9.17) is 16.3 Å². The van der Waals surface area contributed by atoms with E-state index < -0.39 is 12.5 Å². The van der Waals surface area contributed by atoms with Gasteiger partial charge in [0, 0.05) is 42.6 Å². The van der Waals surface area contributed by atoms with E-state index in [2.05, 4.69) is 11.9 Å². The van der Waals surface area contributed by atoms with E-state index in [-0.39, 0.29) is 40.3 Å². The number of halogens is 3. The van der Waals surface area contributed by atoms with Crippen molar-refractivity contribution in [3.05, 3.63) is 44.4 Å². The van der Waals surface area contributed by atoms with Crippen LogP contribution in [0.25, 0.3) is 0 Å². The summed E-state index contributed by atoms with van der Waals surface area (Å²) in [7, 11) is 0. The summed E-state index contributed by atoms with van der Waals surface area (Å²) in [6, 6.07) is 3.11. The van der Waals surface area contributed by atoms with Crippen LogP contribution in [-0.2, 0) is 22.6 Å². The van der Waals surface area contributed by atoms with Gasteiger partial charge in [-0.15, -0.1) is 11.3 Å². The molecule has 3 fully saturated rings. The molecule has 3 atom stereocenters. The van der Waals surface area contributed by atoms with E-state index in [0.717, 1.165) is 61.0 Å². The molecule has 2 amide bonds. The van der Waals surface area contributed by atoms with Gasteiger partial charge in [0.05, 0.1) is 22.1 Å². The highest BCUT2D eigenvalue weighted by atomic mass is 35.5. The number of carbonyl (C=O) groups is 2. The molecule has 3 heterocycles. The van der Waals surface area contributed by atoms with Crippen molar-refractivity contribution in [3.63, 3.8) is 0 Å². The van der Waals surface area contributed by atoms with E-state index in [1.165, 1.54) is 5.51 Å². The summed E-state index contributed by atoms with van der Waals surface area (Å²) in [5.41, 5.74) is 3.41. The Hall–Kier alpha value is -2.26. The van der Waals surface area contributed by atoms with Crippen molar-refractivity contribution in [1.82, 2.24) is 14.8 Å². The molecule has 2 aromatic rings. The van der Waals surface area contributed by atoms with Crippen molar-refractivity contribution >= 4 is 34.8 Å². The molecule has 1 saturated heterocycles. The van der Waals surface area contributed by atoms with Crippen LogP contribution in [0.2, 0.25) is 5.02 Å². The Bertz CT molecular complexity index is 1270. The summed E-state index contributed by atoms with van der Waals surface area (Å²) in [6.45, 7) is 3.68. The minimum Gasteiger partial charge on any atom is -0.487 e. The van der Waals surface area contributed by atoms with Gasteiger partial charge in [-0.3, -0.25) is 9.59 Å². The molecule has 0 unspecified atom stereocenters. The lowest BCUT2D eigenvalue weighted by molar-refractivity contribution is -0.143. The third kappa shape index (κ3) is 5.17. The summed E-state index contributed by atoms with van der Waals surface area (Å²) in [5, 5.41) is 0.592. The third-order valence-corrected chi connectivity index (χ3v) is 10.5. The number of alkyl halides is 2. The molecule has 0 N–H and O–H groups in total. The average Bonchev–Trinajstić information content (AvgIpc) is 3.35. The fourth-order valence-electron chi connectivity index (χ4n) is 6.83. The van der Waals surface area contributed by atoms with Crippen LogP contribution >= 0.6 is 22.9 Å². The summed E-state index contributed by atoms with van der Waals surface area (Å²) in [5.74, 6) is 1.04. The van der Waals surface area contributed by atoms with Crippen LogP contribution in [0.5, 0.6) is 5.75 Å². The minimum atomic E-state index is -2.62. The molecule has 1 aromatic carbocycles. The van der Waals surface area contributed by atoms with Crippen LogP contribution in [0.3, 0.4) is 0 Å². The van der Waals surface area contributed by atoms with Crippen LogP contribution in [0.15, 0.2) is 17.6 Å². The summed E-state index contributed by atoms with van der Waals surface area (Å²) in [6.07, 6.45) is 4.77. The first-order valence-electron chi connectivity index (χ1n) is 14.0. The second-order valence-corrected chi connectivity index (χ2v) is 13.1. The fraction of sp³-hybridized carbons (Fsp3) is 0.621. The predicted molar refractivity (Wildman–Crippen MR) is 145 cm³/mol. The van der Waals surface area contributed by atoms with Crippen molar-refractivity contribution in [2.75, 3.05) is 19.6 Å². The molecule has 2 aliphatic heterocycles. The second-order valence-electron chi connectivity index (χ2n) is 11.8. The quantitative estimate of drug-likeness (QED) is 0.373. The number of nitrogens with zero attached hydrogens (tertiary/aromatic N) is 3. The number of hydrogen-bond acceptors (Lipinski definition) is 5. The maximum absolute atomic E-state index is 14.1. The molecule has 10 heteroatoms. The molecule has 2 saturated carbocycles. The molecule has 6 nitrogen and oxygen atoms in total. The number of amides is 2. The SMILES string of the molecule is C[C@H]1CCCC[C@H]1C(=O)N1CCc2c(Cl)ccc(OCc3ncsc3C(F)F)c2[C@H]1CN1CC2(CC2)CC1=O. The van der Waals surface area contributed by atoms with E-state index >= 15 is 0 Å². The predicted octanol–water partition coefficient (Wildman–Crippen LogP) is 6.58. The van der Waals surface area contributed by atoms with E-state index in [1.54, 1.807) is 12.1 Å². The van der Waals surface area contributed by atoms with Crippen LogP contribution in [0.4, 0.5) is 8.78 Å². The zero-order chi connectivity index (χ0) is 27.3. The first-order chi connectivity index (χ1) is 18.8. The van der Waals surface area contributed by atoms with Crippen molar-refractivity contribution in [2.45, 2.75) is 77.4 Å². The van der Waals surface area contributed by atoms with Gasteiger partial charge >= 0.3 is 0 Å². The Morgan fingerprint density at radius 3 is 2.79 bits per heavy atom. The maximum Gasteiger partial charge on any atom is 0.274 e. The number of ether oxygens (including phenoxy) is 1. The van der Waals surface area contributed by atoms with Gasteiger partial charge in [0.25, 0.3) is 6.43 Å². The largest absolute Gasteiger partial charge is 0.487 e. The second kappa shape index (κ2) is 10.6. The Morgan fingerprint density at radius 2 is 2.08 bits per heavy atom. The molecule has 2 aliphatic carbocycles. The van der Waals surface area contributed by atoms with E-state index in [1.807, 2.05) is 9.80 Å². The fourth-order valence-corrected chi connectivity index (χ4v) is 7.74. The smallest absolute Gasteiger partial charge is 0.274 e. The van der Waals surface area contributed by atoms with Gasteiger partial charge in [-0.1, -0.05) is 31.4 Å². The third-order valence-electron chi connectivity index (χ3n) is 9.27. The van der Waals surface area contributed by atoms with Gasteiger partial charge in [0.15, 0.2) is 0 Å². The van der Waals surface area contributed by atoms with Crippen molar-refractivity contribution < 1.29 is 23.1 Å². The average molecular weight is 578 g/mol. The van der Waals surface area contributed by atoms with Gasteiger partial charge < -0.3 is 14.5 Å². The topological polar surface area (TPSA) is 62.7 Å². The number of fused-ring (bicyclic) bond motifs is 1. The zero-order valence-corrected chi connectivity index (χ0v) is 23.7. The molecular formula is C29H34ClF2N3O3S. The zero-order valence-electron chi connectivity index (χ0n) is 22.1. The highest BCUT2D eigenvalue weighted by Crippen LogP contribution is 2.54. The molecule has 4 aliphatic rings. The van der Waals surface area contributed by atoms with Crippen LogP contribution < -0.4 is 4.74 Å². The Balaban J connectivity index is 1.35. The molecule has 6 rings (SSSR count). The summed E-state index contributed by atoms with van der Waals surface area (Å²) < 4.78 is 33.1. The number of benzene rings is 1. The van der Waals surface area contributed by atoms with Crippen molar-refractivity contribution in [3.8, 4) is 5.75 Å². The number of carbonyl (C=O) groups excluding carboxylic acids is 2. The van der Waals surface area contributed by atoms with Crippen LogP contribution in [0, 0.1) is 17.3 Å². The standard InChI is InChI=1S/C29H34ClF2N3O3S/c1-17-4-2-3-5-18(17)28(37)35-11-8-19-20(30)6-7-23(38-14-21-26(27(31)32)39-16-33-21)25(19)22(35)13-34-15-29(9-10-29)12-24(34)36/h6-7,16-18,22,27H,2-5,8-15H2,1H3/t17-,18+,22+/m0/s1. The van der Waals surface area contributed by atoms with Crippen LogP contribution in [0.1, 0.15) is 86.0 Å². The molecule has 210 valence electrons. The number of hydrogen-bond donors (Lipinski definition) is 0. The molecule has 1 aromatic heterocycles.